The first-order chi connectivity index (χ1) is 12.9. The van der Waals surface area contributed by atoms with Crippen molar-refractivity contribution in [2.75, 3.05) is 6.61 Å². The van der Waals surface area contributed by atoms with E-state index in [0.717, 1.165) is 11.2 Å². The molecular weight excluding hydrogens is 350 g/mol. The van der Waals surface area contributed by atoms with Crippen LogP contribution in [0.2, 0.25) is 0 Å². The highest BCUT2D eigenvalue weighted by Crippen LogP contribution is 2.19. The van der Waals surface area contributed by atoms with Gasteiger partial charge >= 0.3 is 11.9 Å². The minimum atomic E-state index is -0.772. The van der Waals surface area contributed by atoms with Crippen LogP contribution < -0.4 is 0 Å². The van der Waals surface area contributed by atoms with Crippen LogP contribution in [0.3, 0.4) is 0 Å². The van der Waals surface area contributed by atoms with Crippen LogP contribution in [0, 0.1) is 11.3 Å². The fourth-order valence-electron chi connectivity index (χ4n) is 1.90. The summed E-state index contributed by atoms with van der Waals surface area (Å²) in [5, 5.41) is 12.6. The van der Waals surface area contributed by atoms with E-state index in [4.69, 9.17) is 10.00 Å². The maximum atomic E-state index is 12.1. The van der Waals surface area contributed by atoms with E-state index in [1.54, 1.807) is 43.3 Å². The number of hydrogen-bond donors (Lipinski definition) is 0. The van der Waals surface area contributed by atoms with Crippen LogP contribution in [0.4, 0.5) is 0 Å². The van der Waals surface area contributed by atoms with Crippen molar-refractivity contribution in [1.29, 1.82) is 5.26 Å². The Morgan fingerprint density at radius 1 is 1.19 bits per heavy atom. The van der Waals surface area contributed by atoms with Crippen molar-refractivity contribution in [3.05, 3.63) is 53.6 Å². The number of rotatable bonds is 7. The van der Waals surface area contributed by atoms with Gasteiger partial charge in [0.05, 0.1) is 12.3 Å². The average Bonchev–Trinajstić information content (AvgIpc) is 2.63. The Morgan fingerprint density at radius 2 is 1.85 bits per heavy atom. The summed E-state index contributed by atoms with van der Waals surface area (Å²) in [6.07, 6.45) is 3.69. The predicted molar refractivity (Wildman–Crippen MR) is 97.5 cm³/mol. The van der Waals surface area contributed by atoms with Gasteiger partial charge in [-0.05, 0) is 24.6 Å². The second-order valence-electron chi connectivity index (χ2n) is 5.02. The fourth-order valence-corrected chi connectivity index (χ4v) is 1.90. The molecule has 8 nitrogen and oxygen atoms in total. The number of oxime groups is 1. The Kier molecular flexibility index (Phi) is 8.68. The second-order valence-corrected chi connectivity index (χ2v) is 5.02. The van der Waals surface area contributed by atoms with E-state index in [1.807, 2.05) is 0 Å². The van der Waals surface area contributed by atoms with E-state index in [-0.39, 0.29) is 12.2 Å². The molecule has 0 spiro atoms. The largest absolute Gasteiger partial charge is 0.462 e. The number of nitriles is 1. The zero-order valence-corrected chi connectivity index (χ0v) is 15.2. The summed E-state index contributed by atoms with van der Waals surface area (Å²) in [4.78, 5) is 40.3. The first kappa shape index (κ1) is 21.3. The summed E-state index contributed by atoms with van der Waals surface area (Å²) in [6.45, 7) is 4.21. The topological polar surface area (TPSA) is 109 Å². The molecule has 0 aliphatic rings. The average molecular weight is 369 g/mol. The molecule has 8 heteroatoms. The molecule has 0 saturated carbocycles. The summed E-state index contributed by atoms with van der Waals surface area (Å²) >= 11 is 0. The highest BCUT2D eigenvalue weighted by atomic mass is 16.7. The third-order valence-corrected chi connectivity index (χ3v) is 3.04. The number of benzene rings is 1. The van der Waals surface area contributed by atoms with Crippen LogP contribution in [0.15, 0.2) is 53.2 Å². The van der Waals surface area contributed by atoms with Gasteiger partial charge in [-0.1, -0.05) is 35.5 Å². The molecular formula is C19H19N3O5. The van der Waals surface area contributed by atoms with E-state index in [9.17, 15) is 14.4 Å². The van der Waals surface area contributed by atoms with Crippen molar-refractivity contribution in [3.8, 4) is 6.07 Å². The highest BCUT2D eigenvalue weighted by Gasteiger charge is 2.15. The van der Waals surface area contributed by atoms with Gasteiger partial charge in [-0.2, -0.15) is 5.26 Å². The number of nitrogens with zero attached hydrogens (tertiary/aromatic N) is 3. The normalized spacial score (nSPS) is 11.6. The van der Waals surface area contributed by atoms with Crippen LogP contribution in [-0.4, -0.2) is 35.7 Å². The van der Waals surface area contributed by atoms with Gasteiger partial charge in [0, 0.05) is 13.8 Å². The minimum absolute atomic E-state index is 0.127. The van der Waals surface area contributed by atoms with E-state index in [2.05, 4.69) is 9.99 Å². The van der Waals surface area contributed by atoms with E-state index < -0.39 is 17.8 Å². The van der Waals surface area contributed by atoms with Crippen molar-refractivity contribution in [2.45, 2.75) is 20.8 Å². The number of ether oxygens (including phenoxy) is 1. The van der Waals surface area contributed by atoms with Crippen molar-refractivity contribution >= 4 is 29.9 Å². The molecule has 0 radical (unpaired) electrons. The highest BCUT2D eigenvalue weighted by molar-refractivity contribution is 5.98. The van der Waals surface area contributed by atoms with Crippen LogP contribution in [0.25, 0.3) is 5.70 Å². The van der Waals surface area contributed by atoms with Gasteiger partial charge in [0.15, 0.2) is 0 Å². The first-order valence-corrected chi connectivity index (χ1v) is 7.96. The third kappa shape index (κ3) is 6.96. The number of carbonyl (C=O) groups excluding carboxylic acids is 3. The number of hydrogen-bond acceptors (Lipinski definition) is 7. The zero-order chi connectivity index (χ0) is 20.2. The van der Waals surface area contributed by atoms with Gasteiger partial charge in [0.2, 0.25) is 5.91 Å². The molecule has 0 N–H and O–H groups in total. The molecule has 1 aromatic rings. The molecule has 0 fully saturated rings. The summed E-state index contributed by atoms with van der Waals surface area (Å²) in [5.74, 6) is -1.84. The molecule has 1 amide bonds. The van der Waals surface area contributed by atoms with Crippen LogP contribution in [-0.2, 0) is 24.0 Å². The monoisotopic (exact) mass is 369 g/mol. The quantitative estimate of drug-likeness (QED) is 0.107. The SMILES string of the molecule is CCOC(=O)/C(C#N)=C\C=C(\c1ccccc1)N(/C=N/OC(C)=O)C(C)=O. The fraction of sp³-hybridized carbons (Fsp3) is 0.211. The lowest BCUT2D eigenvalue weighted by atomic mass is 10.1. The Labute approximate surface area is 157 Å². The van der Waals surface area contributed by atoms with E-state index in [1.165, 1.54) is 26.0 Å². The summed E-state index contributed by atoms with van der Waals surface area (Å²) in [7, 11) is 0. The molecule has 27 heavy (non-hydrogen) atoms. The molecule has 0 aliphatic heterocycles. The number of carbonyl (C=O) groups is 3. The molecule has 0 aromatic heterocycles. The molecule has 140 valence electrons. The van der Waals surface area contributed by atoms with Gasteiger partial charge in [-0.25, -0.2) is 9.59 Å². The second kappa shape index (κ2) is 11.0. The molecule has 0 saturated heterocycles. The van der Waals surface area contributed by atoms with Crippen molar-refractivity contribution in [3.63, 3.8) is 0 Å². The minimum Gasteiger partial charge on any atom is -0.462 e. The smallest absolute Gasteiger partial charge is 0.348 e. The van der Waals surface area contributed by atoms with Crippen LogP contribution in [0.5, 0.6) is 0 Å². The maximum Gasteiger partial charge on any atom is 0.348 e. The molecule has 0 heterocycles. The lowest BCUT2D eigenvalue weighted by Crippen LogP contribution is -2.26. The Balaban J connectivity index is 3.40. The zero-order valence-electron chi connectivity index (χ0n) is 15.2. The number of esters is 1. The van der Waals surface area contributed by atoms with Gasteiger partial charge < -0.3 is 9.57 Å². The van der Waals surface area contributed by atoms with E-state index >= 15 is 0 Å². The van der Waals surface area contributed by atoms with Gasteiger partial charge in [-0.15, -0.1) is 0 Å². The standard InChI is InChI=1S/C19H19N3O5/c1-4-26-19(25)17(12-20)10-11-18(16-8-6-5-7-9-16)22(14(2)23)13-21-27-15(3)24/h5-11,13H,4H2,1-3H3/b17-10-,18-11-,21-13+. The van der Waals surface area contributed by atoms with Gasteiger partial charge in [0.1, 0.15) is 18.0 Å². The summed E-state index contributed by atoms with van der Waals surface area (Å²) in [6, 6.07) is 10.5. The lowest BCUT2D eigenvalue weighted by molar-refractivity contribution is -0.141. The maximum absolute atomic E-state index is 12.1. The summed E-state index contributed by atoms with van der Waals surface area (Å²) in [5.41, 5.74) is 0.695. The molecule has 0 atom stereocenters. The number of allylic oxidation sites excluding steroid dienone is 2. The molecule has 1 aromatic carbocycles. The molecule has 0 bridgehead atoms. The van der Waals surface area contributed by atoms with Crippen molar-refractivity contribution in [2.24, 2.45) is 5.16 Å². The van der Waals surface area contributed by atoms with Crippen LogP contribution >= 0.6 is 0 Å². The third-order valence-electron chi connectivity index (χ3n) is 3.04. The first-order valence-electron chi connectivity index (χ1n) is 7.96. The van der Waals surface area contributed by atoms with Gasteiger partial charge in [0.25, 0.3) is 0 Å². The molecule has 0 aliphatic carbocycles. The van der Waals surface area contributed by atoms with Gasteiger partial charge in [-0.3, -0.25) is 9.69 Å². The van der Waals surface area contributed by atoms with E-state index in [0.29, 0.717) is 11.3 Å². The molecule has 1 rings (SSSR count). The number of amides is 1. The predicted octanol–water partition coefficient (Wildman–Crippen LogP) is 2.40. The Bertz CT molecular complexity index is 819. The Hall–Kier alpha value is -3.73. The lowest BCUT2D eigenvalue weighted by Gasteiger charge is -2.19. The molecule has 0 unspecified atom stereocenters. The van der Waals surface area contributed by atoms with Crippen LogP contribution in [0.1, 0.15) is 26.3 Å². The van der Waals surface area contributed by atoms with Crippen molar-refractivity contribution < 1.29 is 24.0 Å². The summed E-state index contributed by atoms with van der Waals surface area (Å²) < 4.78 is 4.81. The van der Waals surface area contributed by atoms with Crippen molar-refractivity contribution in [1.82, 2.24) is 4.90 Å². The Morgan fingerprint density at radius 3 is 2.37 bits per heavy atom.